The molecule has 7 nitrogen and oxygen atoms in total. The van der Waals surface area contributed by atoms with Crippen molar-refractivity contribution in [2.75, 3.05) is 6.61 Å². The third-order valence-electron chi connectivity index (χ3n) is 3.37. The fourth-order valence-corrected chi connectivity index (χ4v) is 2.24. The molecule has 0 saturated heterocycles. The number of amides is 1. The Morgan fingerprint density at radius 1 is 1.17 bits per heavy atom. The van der Waals surface area contributed by atoms with E-state index in [1.807, 2.05) is 30.3 Å². The molecule has 2 aromatic rings. The van der Waals surface area contributed by atoms with Gasteiger partial charge in [-0.05, 0) is 11.1 Å². The molecular formula is C17H18N2O5. The van der Waals surface area contributed by atoms with Gasteiger partial charge in [-0.1, -0.05) is 42.5 Å². The molecule has 24 heavy (non-hydrogen) atoms. The molecule has 0 bridgehead atoms. The first-order chi connectivity index (χ1) is 11.6. The summed E-state index contributed by atoms with van der Waals surface area (Å²) in [6.07, 6.45) is -0.715. The summed E-state index contributed by atoms with van der Waals surface area (Å²) in [5.74, 6) is 0. The number of nitrogens with zero attached hydrogens (tertiary/aromatic N) is 1. The van der Waals surface area contributed by atoms with E-state index in [1.165, 1.54) is 12.1 Å². The number of primary amides is 1. The van der Waals surface area contributed by atoms with E-state index in [0.717, 1.165) is 5.56 Å². The second-order valence-corrected chi connectivity index (χ2v) is 5.09. The minimum atomic E-state index is -0.833. The Labute approximate surface area is 139 Å². The first-order valence-electron chi connectivity index (χ1n) is 7.38. The van der Waals surface area contributed by atoms with Crippen molar-refractivity contribution in [3.05, 3.63) is 75.8 Å². The van der Waals surface area contributed by atoms with Crippen LogP contribution in [0.4, 0.5) is 10.5 Å². The molecule has 0 aliphatic carbocycles. The van der Waals surface area contributed by atoms with Gasteiger partial charge in [-0.15, -0.1) is 0 Å². The van der Waals surface area contributed by atoms with Gasteiger partial charge in [-0.3, -0.25) is 10.1 Å². The number of nitro groups is 1. The molecule has 0 saturated carbocycles. The average Bonchev–Trinajstić information content (AvgIpc) is 2.58. The van der Waals surface area contributed by atoms with Crippen molar-refractivity contribution >= 4 is 11.8 Å². The molecular weight excluding hydrogens is 312 g/mol. The number of carbonyl (C=O) groups is 1. The van der Waals surface area contributed by atoms with Crippen LogP contribution in [0, 0.1) is 10.1 Å². The van der Waals surface area contributed by atoms with E-state index < -0.39 is 11.0 Å². The van der Waals surface area contributed by atoms with Gasteiger partial charge < -0.3 is 15.2 Å². The highest BCUT2D eigenvalue weighted by Gasteiger charge is 2.14. The summed E-state index contributed by atoms with van der Waals surface area (Å²) in [7, 11) is 0. The lowest BCUT2D eigenvalue weighted by atomic mass is 10.1. The molecule has 0 spiro atoms. The Balaban J connectivity index is 2.03. The van der Waals surface area contributed by atoms with E-state index in [-0.39, 0.29) is 25.0 Å². The van der Waals surface area contributed by atoms with Crippen LogP contribution in [-0.2, 0) is 16.1 Å². The number of ether oxygens (including phenoxy) is 2. The minimum Gasteiger partial charge on any atom is -0.450 e. The van der Waals surface area contributed by atoms with E-state index in [9.17, 15) is 14.9 Å². The third-order valence-corrected chi connectivity index (χ3v) is 3.37. The average molecular weight is 330 g/mol. The molecule has 0 radical (unpaired) electrons. The number of benzene rings is 2. The summed E-state index contributed by atoms with van der Waals surface area (Å²) in [5.41, 5.74) is 6.60. The molecule has 2 N–H and O–H groups in total. The molecule has 0 fully saturated rings. The molecule has 7 heteroatoms. The van der Waals surface area contributed by atoms with Gasteiger partial charge in [-0.25, -0.2) is 4.79 Å². The normalized spacial score (nSPS) is 11.7. The number of hydrogen-bond acceptors (Lipinski definition) is 5. The predicted octanol–water partition coefficient (Wildman–Crippen LogP) is 3.34. The van der Waals surface area contributed by atoms with Crippen LogP contribution in [-0.4, -0.2) is 17.6 Å². The SMILES string of the molecule is NC(=O)OCCC(OCc1cccc([N+](=O)[O-])c1)c1ccccc1. The lowest BCUT2D eigenvalue weighted by molar-refractivity contribution is -0.385. The Kier molecular flexibility index (Phi) is 6.27. The second kappa shape index (κ2) is 8.64. The maximum atomic E-state index is 10.8. The predicted molar refractivity (Wildman–Crippen MR) is 87.2 cm³/mol. The van der Waals surface area contributed by atoms with Crippen LogP contribution >= 0.6 is 0 Å². The largest absolute Gasteiger partial charge is 0.450 e. The quantitative estimate of drug-likeness (QED) is 0.590. The van der Waals surface area contributed by atoms with E-state index in [1.54, 1.807) is 12.1 Å². The molecule has 0 aliphatic heterocycles. The lowest BCUT2D eigenvalue weighted by Gasteiger charge is -2.18. The zero-order chi connectivity index (χ0) is 17.4. The molecule has 1 atom stereocenters. The van der Waals surface area contributed by atoms with E-state index in [4.69, 9.17) is 15.2 Å². The number of carbonyl (C=O) groups excluding carboxylic acids is 1. The summed E-state index contributed by atoms with van der Waals surface area (Å²) in [4.78, 5) is 21.1. The van der Waals surface area contributed by atoms with Gasteiger partial charge in [-0.2, -0.15) is 0 Å². The number of rotatable bonds is 8. The highest BCUT2D eigenvalue weighted by Crippen LogP contribution is 2.23. The third kappa shape index (κ3) is 5.36. The van der Waals surface area contributed by atoms with Crippen LogP contribution < -0.4 is 5.73 Å². The van der Waals surface area contributed by atoms with Gasteiger partial charge in [0.1, 0.15) is 0 Å². The van der Waals surface area contributed by atoms with Gasteiger partial charge in [0, 0.05) is 18.6 Å². The van der Waals surface area contributed by atoms with Gasteiger partial charge in [0.15, 0.2) is 0 Å². The van der Waals surface area contributed by atoms with Crippen molar-refractivity contribution < 1.29 is 19.2 Å². The van der Waals surface area contributed by atoms with Crippen molar-refractivity contribution in [2.24, 2.45) is 5.73 Å². The van der Waals surface area contributed by atoms with Crippen LogP contribution in [0.3, 0.4) is 0 Å². The maximum Gasteiger partial charge on any atom is 0.404 e. The first-order valence-corrected chi connectivity index (χ1v) is 7.38. The highest BCUT2D eigenvalue weighted by atomic mass is 16.6. The van der Waals surface area contributed by atoms with Crippen molar-refractivity contribution in [1.29, 1.82) is 0 Å². The molecule has 0 aromatic heterocycles. The summed E-state index contributed by atoms with van der Waals surface area (Å²) in [6, 6.07) is 15.7. The Hall–Kier alpha value is -2.93. The number of hydrogen-bond donors (Lipinski definition) is 1. The number of nitro benzene ring substituents is 1. The summed E-state index contributed by atoms with van der Waals surface area (Å²) in [6.45, 7) is 0.335. The summed E-state index contributed by atoms with van der Waals surface area (Å²) >= 11 is 0. The van der Waals surface area contributed by atoms with Crippen LogP contribution in [0.25, 0.3) is 0 Å². The van der Waals surface area contributed by atoms with E-state index >= 15 is 0 Å². The lowest BCUT2D eigenvalue weighted by Crippen LogP contribution is -2.16. The number of non-ortho nitro benzene ring substituents is 1. The molecule has 1 amide bonds. The fraction of sp³-hybridized carbons (Fsp3) is 0.235. The molecule has 0 heterocycles. The van der Waals surface area contributed by atoms with Gasteiger partial charge in [0.05, 0.1) is 24.2 Å². The van der Waals surface area contributed by atoms with Crippen molar-refractivity contribution in [3.63, 3.8) is 0 Å². The number of nitrogens with two attached hydrogens (primary N) is 1. The molecule has 0 aliphatic rings. The first kappa shape index (κ1) is 17.4. The van der Waals surface area contributed by atoms with Gasteiger partial charge in [0.2, 0.25) is 0 Å². The van der Waals surface area contributed by atoms with Crippen molar-refractivity contribution in [1.82, 2.24) is 0 Å². The van der Waals surface area contributed by atoms with Crippen LogP contribution in [0.1, 0.15) is 23.7 Å². The molecule has 126 valence electrons. The molecule has 2 rings (SSSR count). The van der Waals surface area contributed by atoms with Crippen LogP contribution in [0.5, 0.6) is 0 Å². The molecule has 1 unspecified atom stereocenters. The Morgan fingerprint density at radius 3 is 2.58 bits per heavy atom. The van der Waals surface area contributed by atoms with Gasteiger partial charge in [0.25, 0.3) is 5.69 Å². The zero-order valence-corrected chi connectivity index (χ0v) is 13.0. The second-order valence-electron chi connectivity index (χ2n) is 5.09. The standard InChI is InChI=1S/C17H18N2O5/c18-17(20)23-10-9-16(14-6-2-1-3-7-14)24-12-13-5-4-8-15(11-13)19(21)22/h1-8,11,16H,9-10,12H2,(H2,18,20). The molecule has 2 aromatic carbocycles. The Morgan fingerprint density at radius 2 is 1.92 bits per heavy atom. The van der Waals surface area contributed by atoms with E-state index in [0.29, 0.717) is 12.0 Å². The van der Waals surface area contributed by atoms with Crippen LogP contribution in [0.2, 0.25) is 0 Å². The van der Waals surface area contributed by atoms with E-state index in [2.05, 4.69) is 0 Å². The fourth-order valence-electron chi connectivity index (χ4n) is 2.24. The highest BCUT2D eigenvalue weighted by molar-refractivity contribution is 5.64. The van der Waals surface area contributed by atoms with Gasteiger partial charge >= 0.3 is 6.09 Å². The maximum absolute atomic E-state index is 10.8. The van der Waals surface area contributed by atoms with Crippen LogP contribution in [0.15, 0.2) is 54.6 Å². The monoisotopic (exact) mass is 330 g/mol. The Bertz CT molecular complexity index is 690. The summed E-state index contributed by atoms with van der Waals surface area (Å²) < 4.78 is 10.6. The topological polar surface area (TPSA) is 105 Å². The van der Waals surface area contributed by atoms with Crippen molar-refractivity contribution in [2.45, 2.75) is 19.1 Å². The van der Waals surface area contributed by atoms with Crippen molar-refractivity contribution in [3.8, 4) is 0 Å². The zero-order valence-electron chi connectivity index (χ0n) is 13.0. The minimum absolute atomic E-state index is 0.0180. The summed E-state index contributed by atoms with van der Waals surface area (Å²) in [5, 5.41) is 10.8. The smallest absolute Gasteiger partial charge is 0.404 e.